The lowest BCUT2D eigenvalue weighted by molar-refractivity contribution is 0.0893. The van der Waals surface area contributed by atoms with E-state index in [1.165, 1.54) is 0 Å². The second-order valence-corrected chi connectivity index (χ2v) is 4.87. The monoisotopic (exact) mass is 251 g/mol. The van der Waals surface area contributed by atoms with Crippen LogP contribution in [-0.4, -0.2) is 36.5 Å². The highest BCUT2D eigenvalue weighted by atomic mass is 16.5. The second kappa shape index (κ2) is 5.59. The highest BCUT2D eigenvalue weighted by Crippen LogP contribution is 2.30. The Hall–Kier alpha value is -1.26. The van der Waals surface area contributed by atoms with Gasteiger partial charge in [0.15, 0.2) is 0 Å². The van der Waals surface area contributed by atoms with Crippen molar-refractivity contribution in [3.05, 3.63) is 23.8 Å². The summed E-state index contributed by atoms with van der Waals surface area (Å²) in [5, 5.41) is 19.4. The number of aliphatic hydroxyl groups excluding tert-OH is 1. The number of hydrogen-bond acceptors (Lipinski definition) is 4. The lowest BCUT2D eigenvalue weighted by atomic mass is 10.0. The van der Waals surface area contributed by atoms with Gasteiger partial charge in [0.1, 0.15) is 5.75 Å². The summed E-state index contributed by atoms with van der Waals surface area (Å²) in [6.07, 6.45) is 1.80. The smallest absolute Gasteiger partial charge is 0.123 e. The van der Waals surface area contributed by atoms with Gasteiger partial charge in [0.25, 0.3) is 0 Å². The lowest BCUT2D eigenvalue weighted by Gasteiger charge is -2.33. The fourth-order valence-corrected chi connectivity index (χ4v) is 2.45. The first kappa shape index (κ1) is 13.2. The number of aromatic hydroxyl groups is 1. The first-order valence-corrected chi connectivity index (χ1v) is 6.40. The summed E-state index contributed by atoms with van der Waals surface area (Å²) in [6, 6.07) is 5.45. The lowest BCUT2D eigenvalue weighted by Crippen LogP contribution is -2.39. The Labute approximate surface area is 108 Å². The molecule has 1 aliphatic rings. The van der Waals surface area contributed by atoms with Crippen molar-refractivity contribution >= 4 is 5.69 Å². The maximum atomic E-state index is 9.90. The van der Waals surface area contributed by atoms with Crippen LogP contribution in [0.5, 0.6) is 5.75 Å². The molecule has 0 aliphatic carbocycles. The number of nitrogens with zero attached hydrogens (tertiary/aromatic N) is 1. The Morgan fingerprint density at radius 2 is 2.22 bits per heavy atom. The Morgan fingerprint density at radius 3 is 2.83 bits per heavy atom. The number of hydrogen-bond donors (Lipinski definition) is 2. The molecule has 1 fully saturated rings. The molecular formula is C14H21NO3. The van der Waals surface area contributed by atoms with Crippen molar-refractivity contribution in [2.24, 2.45) is 0 Å². The fourth-order valence-electron chi connectivity index (χ4n) is 2.45. The van der Waals surface area contributed by atoms with Crippen molar-refractivity contribution in [3.63, 3.8) is 0 Å². The minimum atomic E-state index is -0.646. The van der Waals surface area contributed by atoms with Crippen LogP contribution in [0, 0.1) is 0 Å². The van der Waals surface area contributed by atoms with Crippen molar-refractivity contribution in [1.82, 2.24) is 0 Å². The van der Waals surface area contributed by atoms with Gasteiger partial charge in [-0.3, -0.25) is 0 Å². The van der Waals surface area contributed by atoms with E-state index in [-0.39, 0.29) is 11.9 Å². The van der Waals surface area contributed by atoms with Crippen molar-refractivity contribution in [2.75, 3.05) is 25.1 Å². The summed E-state index contributed by atoms with van der Waals surface area (Å²) in [4.78, 5) is 2.21. The van der Waals surface area contributed by atoms with E-state index in [1.807, 2.05) is 6.07 Å². The van der Waals surface area contributed by atoms with E-state index in [9.17, 15) is 10.2 Å². The van der Waals surface area contributed by atoms with Gasteiger partial charge in [-0.1, -0.05) is 6.07 Å². The van der Waals surface area contributed by atoms with Crippen molar-refractivity contribution in [3.8, 4) is 5.75 Å². The van der Waals surface area contributed by atoms with E-state index in [4.69, 9.17) is 4.74 Å². The van der Waals surface area contributed by atoms with Crippen LogP contribution in [0.4, 0.5) is 5.69 Å². The quantitative estimate of drug-likeness (QED) is 0.863. The summed E-state index contributed by atoms with van der Waals surface area (Å²) in [7, 11) is 1.74. The summed E-state index contributed by atoms with van der Waals surface area (Å²) in [5.41, 5.74) is 1.55. The van der Waals surface area contributed by atoms with Crippen LogP contribution in [0.2, 0.25) is 0 Å². The average molecular weight is 251 g/mol. The molecule has 1 saturated heterocycles. The number of ether oxygens (including phenoxy) is 1. The Balaban J connectivity index is 2.16. The molecule has 2 atom stereocenters. The number of rotatable bonds is 3. The molecule has 0 aromatic heterocycles. The van der Waals surface area contributed by atoms with Crippen molar-refractivity contribution in [2.45, 2.75) is 32.0 Å². The molecule has 1 aromatic carbocycles. The fraction of sp³-hybridized carbons (Fsp3) is 0.571. The third-order valence-electron chi connectivity index (χ3n) is 3.54. The molecule has 1 aliphatic heterocycles. The molecule has 1 aromatic rings. The third-order valence-corrected chi connectivity index (χ3v) is 3.54. The van der Waals surface area contributed by atoms with Gasteiger partial charge in [-0.05, 0) is 25.8 Å². The number of phenolic OH excluding ortho intramolecular Hbond substituents is 1. The molecule has 4 heteroatoms. The summed E-state index contributed by atoms with van der Waals surface area (Å²) >= 11 is 0. The molecule has 0 radical (unpaired) electrons. The molecule has 1 heterocycles. The molecule has 4 nitrogen and oxygen atoms in total. The third kappa shape index (κ3) is 2.76. The van der Waals surface area contributed by atoms with Crippen LogP contribution >= 0.6 is 0 Å². The average Bonchev–Trinajstić information content (AvgIpc) is 2.38. The number of benzene rings is 1. The second-order valence-electron chi connectivity index (χ2n) is 4.87. The largest absolute Gasteiger partial charge is 0.507 e. The first-order valence-electron chi connectivity index (χ1n) is 6.40. The van der Waals surface area contributed by atoms with E-state index < -0.39 is 6.10 Å². The Morgan fingerprint density at radius 1 is 1.44 bits per heavy atom. The standard InChI is InChI=1S/C14H21NO3/c1-10(16)13-6-5-11(8-14(13)17)15-7-3-4-12(9-15)18-2/h5-6,8,10,12,16-17H,3-4,7,9H2,1-2H3. The van der Waals surface area contributed by atoms with Gasteiger partial charge in [0.05, 0.1) is 12.2 Å². The Kier molecular flexibility index (Phi) is 4.09. The molecule has 2 rings (SSSR count). The van der Waals surface area contributed by atoms with Gasteiger partial charge >= 0.3 is 0 Å². The summed E-state index contributed by atoms with van der Waals surface area (Å²) in [5.74, 6) is 0.155. The van der Waals surface area contributed by atoms with Gasteiger partial charge in [0.2, 0.25) is 0 Å². The summed E-state index contributed by atoms with van der Waals surface area (Å²) in [6.45, 7) is 3.48. The van der Waals surface area contributed by atoms with Crippen LogP contribution in [0.15, 0.2) is 18.2 Å². The van der Waals surface area contributed by atoms with Crippen LogP contribution in [0.3, 0.4) is 0 Å². The number of phenols is 1. The number of aliphatic hydroxyl groups is 1. The number of piperidine rings is 1. The SMILES string of the molecule is COC1CCCN(c2ccc(C(C)O)c(O)c2)C1. The zero-order chi connectivity index (χ0) is 13.1. The number of anilines is 1. The van der Waals surface area contributed by atoms with E-state index in [2.05, 4.69) is 4.90 Å². The van der Waals surface area contributed by atoms with Crippen LogP contribution in [0.25, 0.3) is 0 Å². The van der Waals surface area contributed by atoms with Crippen LogP contribution < -0.4 is 4.90 Å². The van der Waals surface area contributed by atoms with Crippen molar-refractivity contribution < 1.29 is 14.9 Å². The molecule has 2 N–H and O–H groups in total. The van der Waals surface area contributed by atoms with Crippen molar-refractivity contribution in [1.29, 1.82) is 0 Å². The highest BCUT2D eigenvalue weighted by Gasteiger charge is 2.20. The predicted molar refractivity (Wildman–Crippen MR) is 71.0 cm³/mol. The van der Waals surface area contributed by atoms with Crippen LogP contribution in [-0.2, 0) is 4.74 Å². The van der Waals surface area contributed by atoms with E-state index in [0.29, 0.717) is 5.56 Å². The van der Waals surface area contributed by atoms with Gasteiger partial charge in [-0.2, -0.15) is 0 Å². The topological polar surface area (TPSA) is 52.9 Å². The van der Waals surface area contributed by atoms with Gasteiger partial charge in [-0.25, -0.2) is 0 Å². The van der Waals surface area contributed by atoms with E-state index in [0.717, 1.165) is 31.6 Å². The molecule has 0 spiro atoms. The molecule has 0 bridgehead atoms. The Bertz CT molecular complexity index is 406. The van der Waals surface area contributed by atoms with Crippen LogP contribution in [0.1, 0.15) is 31.4 Å². The molecular weight excluding hydrogens is 230 g/mol. The maximum absolute atomic E-state index is 9.90. The molecule has 100 valence electrons. The van der Waals surface area contributed by atoms with Gasteiger partial charge in [0, 0.05) is 37.5 Å². The highest BCUT2D eigenvalue weighted by molar-refractivity contribution is 5.54. The molecule has 0 saturated carbocycles. The minimum absolute atomic E-state index is 0.155. The summed E-state index contributed by atoms with van der Waals surface area (Å²) < 4.78 is 5.39. The van der Waals surface area contributed by atoms with E-state index >= 15 is 0 Å². The number of methoxy groups -OCH3 is 1. The molecule has 2 unspecified atom stereocenters. The van der Waals surface area contributed by atoms with Gasteiger partial charge in [-0.15, -0.1) is 0 Å². The molecule has 18 heavy (non-hydrogen) atoms. The zero-order valence-corrected chi connectivity index (χ0v) is 11.0. The zero-order valence-electron chi connectivity index (χ0n) is 11.0. The molecule has 0 amide bonds. The predicted octanol–water partition coefficient (Wildman–Crippen LogP) is 2.06. The minimum Gasteiger partial charge on any atom is -0.507 e. The van der Waals surface area contributed by atoms with Gasteiger partial charge < -0.3 is 19.8 Å². The normalized spacial score (nSPS) is 21.9. The van der Waals surface area contributed by atoms with E-state index in [1.54, 1.807) is 26.2 Å². The maximum Gasteiger partial charge on any atom is 0.123 e. The first-order chi connectivity index (χ1) is 8.61.